The van der Waals surface area contributed by atoms with Crippen LogP contribution in [0.4, 0.5) is 0 Å². The summed E-state index contributed by atoms with van der Waals surface area (Å²) in [5, 5.41) is 9.67. The number of carbonyl (C=O) groups excluding carboxylic acids is 1. The summed E-state index contributed by atoms with van der Waals surface area (Å²) in [6.45, 7) is 8.37. The first kappa shape index (κ1) is 16.0. The summed E-state index contributed by atoms with van der Waals surface area (Å²) in [4.78, 5) is 25.2. The second-order valence-electron chi connectivity index (χ2n) is 6.09. The number of rotatable bonds is 5. The van der Waals surface area contributed by atoms with Gasteiger partial charge >= 0.3 is 5.97 Å². The van der Waals surface area contributed by atoms with Gasteiger partial charge in [-0.05, 0) is 43.9 Å². The van der Waals surface area contributed by atoms with E-state index in [2.05, 4.69) is 13.8 Å². The second-order valence-corrected chi connectivity index (χ2v) is 6.09. The summed E-state index contributed by atoms with van der Waals surface area (Å²) in [7, 11) is 0. The van der Waals surface area contributed by atoms with Crippen LogP contribution in [0.15, 0.2) is 0 Å². The van der Waals surface area contributed by atoms with Gasteiger partial charge in [0.1, 0.15) is 5.54 Å². The lowest BCUT2D eigenvalue weighted by Crippen LogP contribution is -2.58. The number of amides is 1. The van der Waals surface area contributed by atoms with Gasteiger partial charge in [0.2, 0.25) is 5.91 Å². The number of hydrogen-bond donors (Lipinski definition) is 1. The molecule has 1 aliphatic rings. The highest BCUT2D eigenvalue weighted by molar-refractivity contribution is 5.86. The maximum atomic E-state index is 11.8. The first-order valence-corrected chi connectivity index (χ1v) is 7.36. The van der Waals surface area contributed by atoms with Crippen molar-refractivity contribution in [1.29, 1.82) is 0 Å². The molecule has 1 aliphatic carbocycles. The van der Waals surface area contributed by atoms with Gasteiger partial charge in [0, 0.05) is 13.5 Å². The van der Waals surface area contributed by atoms with Crippen LogP contribution in [0.25, 0.3) is 0 Å². The van der Waals surface area contributed by atoms with Crippen molar-refractivity contribution in [3.05, 3.63) is 0 Å². The number of nitrogens with zero attached hydrogens (tertiary/aromatic N) is 1. The monoisotopic (exact) mass is 269 g/mol. The van der Waals surface area contributed by atoms with E-state index < -0.39 is 11.5 Å². The minimum atomic E-state index is -0.965. The average Bonchev–Trinajstić information content (AvgIpc) is 2.35. The van der Waals surface area contributed by atoms with Crippen molar-refractivity contribution in [3.8, 4) is 0 Å². The molecule has 0 spiro atoms. The van der Waals surface area contributed by atoms with Crippen LogP contribution in [0.3, 0.4) is 0 Å². The molecule has 0 aromatic rings. The Balaban J connectivity index is 2.93. The quantitative estimate of drug-likeness (QED) is 0.835. The van der Waals surface area contributed by atoms with E-state index in [0.29, 0.717) is 31.2 Å². The molecule has 110 valence electrons. The fourth-order valence-corrected chi connectivity index (χ4v) is 3.28. The van der Waals surface area contributed by atoms with Crippen molar-refractivity contribution in [2.24, 2.45) is 11.8 Å². The van der Waals surface area contributed by atoms with Gasteiger partial charge in [0.05, 0.1) is 0 Å². The molecule has 0 radical (unpaired) electrons. The summed E-state index contributed by atoms with van der Waals surface area (Å²) < 4.78 is 0. The van der Waals surface area contributed by atoms with Crippen molar-refractivity contribution in [2.75, 3.05) is 6.54 Å². The van der Waals surface area contributed by atoms with Gasteiger partial charge in [0.15, 0.2) is 0 Å². The Hall–Kier alpha value is -1.06. The number of hydrogen-bond acceptors (Lipinski definition) is 2. The fraction of sp³-hybridized carbons (Fsp3) is 0.867. The summed E-state index contributed by atoms with van der Waals surface area (Å²) in [5.74, 6) is 0.220. The zero-order valence-corrected chi connectivity index (χ0v) is 12.6. The summed E-state index contributed by atoms with van der Waals surface area (Å²) in [6, 6.07) is 0. The van der Waals surface area contributed by atoms with Crippen LogP contribution in [0.1, 0.15) is 59.8 Å². The lowest BCUT2D eigenvalue weighted by Gasteiger charge is -2.45. The number of aliphatic carboxylic acids is 1. The Kier molecular flexibility index (Phi) is 5.39. The Morgan fingerprint density at radius 2 is 1.84 bits per heavy atom. The molecule has 4 heteroatoms. The summed E-state index contributed by atoms with van der Waals surface area (Å²) in [5.41, 5.74) is -0.965. The molecular formula is C15H27NO3. The van der Waals surface area contributed by atoms with E-state index in [-0.39, 0.29) is 5.91 Å². The molecule has 0 aromatic carbocycles. The second kappa shape index (κ2) is 6.40. The van der Waals surface area contributed by atoms with Crippen LogP contribution in [0.2, 0.25) is 0 Å². The Morgan fingerprint density at radius 3 is 2.16 bits per heavy atom. The topological polar surface area (TPSA) is 57.6 Å². The van der Waals surface area contributed by atoms with Crippen molar-refractivity contribution in [1.82, 2.24) is 4.90 Å². The molecule has 0 aromatic heterocycles. The zero-order chi connectivity index (χ0) is 14.6. The summed E-state index contributed by atoms with van der Waals surface area (Å²) in [6.07, 6.45) is 3.77. The first-order valence-electron chi connectivity index (χ1n) is 7.36. The van der Waals surface area contributed by atoms with Crippen LogP contribution in [-0.4, -0.2) is 34.0 Å². The summed E-state index contributed by atoms with van der Waals surface area (Å²) >= 11 is 0. The molecule has 0 aliphatic heterocycles. The van der Waals surface area contributed by atoms with E-state index in [0.717, 1.165) is 19.3 Å². The van der Waals surface area contributed by atoms with E-state index in [9.17, 15) is 14.7 Å². The zero-order valence-electron chi connectivity index (χ0n) is 12.6. The van der Waals surface area contributed by atoms with Gasteiger partial charge < -0.3 is 10.0 Å². The highest BCUT2D eigenvalue weighted by Crippen LogP contribution is 2.39. The highest BCUT2D eigenvalue weighted by atomic mass is 16.4. The molecule has 19 heavy (non-hydrogen) atoms. The average molecular weight is 269 g/mol. The molecule has 1 saturated carbocycles. The van der Waals surface area contributed by atoms with E-state index >= 15 is 0 Å². The minimum Gasteiger partial charge on any atom is -0.479 e. The number of carbonyl (C=O) groups is 2. The predicted molar refractivity (Wildman–Crippen MR) is 74.8 cm³/mol. The number of carboxylic acids is 1. The Bertz CT molecular complexity index is 330. The lowest BCUT2D eigenvalue weighted by atomic mass is 9.72. The molecule has 1 rings (SSSR count). The van der Waals surface area contributed by atoms with Crippen molar-refractivity contribution in [3.63, 3.8) is 0 Å². The maximum absolute atomic E-state index is 11.8. The van der Waals surface area contributed by atoms with Crippen LogP contribution in [0, 0.1) is 11.8 Å². The van der Waals surface area contributed by atoms with Crippen molar-refractivity contribution < 1.29 is 14.7 Å². The molecule has 1 fully saturated rings. The third kappa shape index (κ3) is 3.28. The van der Waals surface area contributed by atoms with E-state index in [4.69, 9.17) is 0 Å². The molecule has 0 saturated heterocycles. The van der Waals surface area contributed by atoms with Gasteiger partial charge in [-0.2, -0.15) is 0 Å². The van der Waals surface area contributed by atoms with E-state index in [1.165, 1.54) is 6.92 Å². The molecule has 0 unspecified atom stereocenters. The lowest BCUT2D eigenvalue weighted by molar-refractivity contribution is -0.162. The van der Waals surface area contributed by atoms with Gasteiger partial charge in [-0.3, -0.25) is 4.79 Å². The van der Waals surface area contributed by atoms with Crippen molar-refractivity contribution >= 4 is 11.9 Å². The van der Waals surface area contributed by atoms with Crippen LogP contribution < -0.4 is 0 Å². The van der Waals surface area contributed by atoms with Crippen LogP contribution in [0.5, 0.6) is 0 Å². The molecule has 1 amide bonds. The van der Waals surface area contributed by atoms with Crippen LogP contribution >= 0.6 is 0 Å². The molecule has 4 nitrogen and oxygen atoms in total. The third-order valence-electron chi connectivity index (χ3n) is 4.54. The van der Waals surface area contributed by atoms with Crippen molar-refractivity contribution in [2.45, 2.75) is 65.3 Å². The van der Waals surface area contributed by atoms with Gasteiger partial charge in [-0.15, -0.1) is 0 Å². The normalized spacial score (nSPS) is 27.3. The fourth-order valence-electron chi connectivity index (χ4n) is 3.28. The molecule has 0 heterocycles. The molecular weight excluding hydrogens is 242 g/mol. The highest BCUT2D eigenvalue weighted by Gasteiger charge is 2.47. The molecule has 0 bridgehead atoms. The molecule has 0 atom stereocenters. The third-order valence-corrected chi connectivity index (χ3v) is 4.54. The van der Waals surface area contributed by atoms with Gasteiger partial charge in [0.25, 0.3) is 0 Å². The number of carboxylic acid groups (broad SMARTS) is 1. The molecule has 1 N–H and O–H groups in total. The van der Waals surface area contributed by atoms with Gasteiger partial charge in [-0.1, -0.05) is 20.8 Å². The Morgan fingerprint density at radius 1 is 1.32 bits per heavy atom. The first-order chi connectivity index (χ1) is 8.85. The minimum absolute atomic E-state index is 0.118. The maximum Gasteiger partial charge on any atom is 0.329 e. The Labute approximate surface area is 116 Å². The smallest absolute Gasteiger partial charge is 0.329 e. The van der Waals surface area contributed by atoms with Gasteiger partial charge in [-0.25, -0.2) is 4.79 Å². The largest absolute Gasteiger partial charge is 0.479 e. The van der Waals surface area contributed by atoms with E-state index in [1.54, 1.807) is 4.90 Å². The van der Waals surface area contributed by atoms with E-state index in [1.807, 2.05) is 6.92 Å². The SMILES string of the molecule is CCCN(C(C)=O)C1(C(=O)O)CCC(C(C)C)CC1. The predicted octanol–water partition coefficient (Wildman–Crippen LogP) is 2.91. The van der Waals surface area contributed by atoms with Crippen LogP contribution in [-0.2, 0) is 9.59 Å². The standard InChI is InChI=1S/C15H27NO3/c1-5-10-16(12(4)17)15(14(18)19)8-6-13(7-9-15)11(2)3/h11,13H,5-10H2,1-4H3,(H,18,19).